The Labute approximate surface area is 128 Å². The summed E-state index contributed by atoms with van der Waals surface area (Å²) in [6, 6.07) is 5.48. The predicted molar refractivity (Wildman–Crippen MR) is 81.1 cm³/mol. The van der Waals surface area contributed by atoms with Gasteiger partial charge in [0.15, 0.2) is 0 Å². The van der Waals surface area contributed by atoms with Crippen molar-refractivity contribution in [2.75, 3.05) is 6.54 Å². The van der Waals surface area contributed by atoms with E-state index in [2.05, 4.69) is 42.3 Å². The molecule has 6 heteroatoms. The molecule has 0 bridgehead atoms. The average molecular weight is 387 g/mol. The summed E-state index contributed by atoms with van der Waals surface area (Å²) in [5.74, 6) is -0.0942. The lowest BCUT2D eigenvalue weighted by atomic mass is 10.2. The molecule has 1 amide bonds. The Kier molecular flexibility index (Phi) is 4.76. The van der Waals surface area contributed by atoms with Gasteiger partial charge in [-0.1, -0.05) is 15.9 Å². The lowest BCUT2D eigenvalue weighted by Crippen LogP contribution is -2.27. The van der Waals surface area contributed by atoms with Crippen LogP contribution in [0.4, 0.5) is 0 Å². The molecule has 0 fully saturated rings. The molecule has 1 heterocycles. The number of aromatic nitrogens is 2. The zero-order chi connectivity index (χ0) is 13.8. The van der Waals surface area contributed by atoms with Crippen molar-refractivity contribution in [3.05, 3.63) is 50.7 Å². The van der Waals surface area contributed by atoms with E-state index in [1.54, 1.807) is 12.3 Å². The van der Waals surface area contributed by atoms with E-state index in [1.807, 2.05) is 29.9 Å². The Balaban J connectivity index is 1.90. The van der Waals surface area contributed by atoms with Crippen molar-refractivity contribution in [1.82, 2.24) is 15.1 Å². The Hall–Kier alpha value is -1.14. The molecule has 0 unspecified atom stereocenters. The monoisotopic (exact) mass is 385 g/mol. The molecular weight excluding hydrogens is 374 g/mol. The Morgan fingerprint density at radius 3 is 2.84 bits per heavy atom. The van der Waals surface area contributed by atoms with Crippen molar-refractivity contribution in [3.8, 4) is 0 Å². The van der Waals surface area contributed by atoms with Crippen LogP contribution in [0.5, 0.6) is 0 Å². The van der Waals surface area contributed by atoms with Crippen molar-refractivity contribution >= 4 is 37.8 Å². The van der Waals surface area contributed by atoms with Crippen molar-refractivity contribution < 1.29 is 4.79 Å². The number of amides is 1. The summed E-state index contributed by atoms with van der Waals surface area (Å²) in [5.41, 5.74) is 1.74. The van der Waals surface area contributed by atoms with Crippen LogP contribution in [-0.2, 0) is 6.54 Å². The van der Waals surface area contributed by atoms with E-state index >= 15 is 0 Å². The molecular formula is C13H13Br2N3O. The van der Waals surface area contributed by atoms with E-state index in [0.29, 0.717) is 18.7 Å². The van der Waals surface area contributed by atoms with E-state index < -0.39 is 0 Å². The summed E-state index contributed by atoms with van der Waals surface area (Å²) in [6.07, 6.45) is 3.74. The van der Waals surface area contributed by atoms with Crippen molar-refractivity contribution in [3.63, 3.8) is 0 Å². The van der Waals surface area contributed by atoms with Crippen LogP contribution in [0.3, 0.4) is 0 Å². The van der Waals surface area contributed by atoms with Crippen molar-refractivity contribution in [1.29, 1.82) is 0 Å². The Morgan fingerprint density at radius 2 is 2.21 bits per heavy atom. The molecule has 0 radical (unpaired) electrons. The first-order valence-electron chi connectivity index (χ1n) is 5.78. The normalized spacial score (nSPS) is 10.5. The van der Waals surface area contributed by atoms with E-state index in [1.165, 1.54) is 0 Å². The molecule has 0 atom stereocenters. The minimum absolute atomic E-state index is 0.0942. The highest BCUT2D eigenvalue weighted by atomic mass is 79.9. The van der Waals surface area contributed by atoms with Crippen LogP contribution in [0.15, 0.2) is 39.5 Å². The third kappa shape index (κ3) is 3.91. The van der Waals surface area contributed by atoms with E-state index in [9.17, 15) is 4.79 Å². The summed E-state index contributed by atoms with van der Waals surface area (Å²) < 4.78 is 3.52. The van der Waals surface area contributed by atoms with Gasteiger partial charge in [-0.2, -0.15) is 5.10 Å². The fourth-order valence-electron chi connectivity index (χ4n) is 1.64. The second kappa shape index (κ2) is 6.34. The number of nitrogens with zero attached hydrogens (tertiary/aromatic N) is 2. The summed E-state index contributed by atoms with van der Waals surface area (Å²) in [5, 5.41) is 7.04. The number of halogens is 2. The summed E-state index contributed by atoms with van der Waals surface area (Å²) >= 11 is 6.74. The molecule has 2 aromatic rings. The van der Waals surface area contributed by atoms with Gasteiger partial charge < -0.3 is 5.32 Å². The molecule has 1 aromatic heterocycles. The fraction of sp³-hybridized carbons (Fsp3) is 0.231. The lowest BCUT2D eigenvalue weighted by Gasteiger charge is -2.07. The Morgan fingerprint density at radius 1 is 1.42 bits per heavy atom. The smallest absolute Gasteiger partial charge is 0.252 e. The standard InChI is InChI=1S/C13H13Br2N3O/c1-9-7-17-18(8-9)5-4-16-13(19)11-3-2-10(14)6-12(11)15/h2-3,6-8H,4-5H2,1H3,(H,16,19). The molecule has 0 aliphatic carbocycles. The van der Waals surface area contributed by atoms with Crippen LogP contribution < -0.4 is 5.32 Å². The molecule has 0 spiro atoms. The number of rotatable bonds is 4. The Bertz CT molecular complexity index is 595. The fourth-order valence-corrected chi connectivity index (χ4v) is 2.87. The third-order valence-corrected chi connectivity index (χ3v) is 3.71. The summed E-state index contributed by atoms with van der Waals surface area (Å²) in [4.78, 5) is 12.0. The van der Waals surface area contributed by atoms with Gasteiger partial charge in [-0.3, -0.25) is 9.48 Å². The highest BCUT2D eigenvalue weighted by molar-refractivity contribution is 9.11. The van der Waals surface area contributed by atoms with E-state index in [-0.39, 0.29) is 5.91 Å². The van der Waals surface area contributed by atoms with Gasteiger partial charge in [-0.25, -0.2) is 0 Å². The van der Waals surface area contributed by atoms with Gasteiger partial charge >= 0.3 is 0 Å². The van der Waals surface area contributed by atoms with Gasteiger partial charge in [0.05, 0.1) is 18.3 Å². The largest absolute Gasteiger partial charge is 0.350 e. The number of carbonyl (C=O) groups excluding carboxylic acids is 1. The van der Waals surface area contributed by atoms with Crippen LogP contribution in [0.1, 0.15) is 15.9 Å². The minimum Gasteiger partial charge on any atom is -0.350 e. The minimum atomic E-state index is -0.0942. The molecule has 0 aliphatic rings. The van der Waals surface area contributed by atoms with Gasteiger partial charge in [-0.15, -0.1) is 0 Å². The van der Waals surface area contributed by atoms with E-state index in [0.717, 1.165) is 14.5 Å². The second-order valence-electron chi connectivity index (χ2n) is 4.16. The van der Waals surface area contributed by atoms with Crippen LogP contribution in [0, 0.1) is 6.92 Å². The van der Waals surface area contributed by atoms with Gasteiger partial charge in [-0.05, 0) is 46.6 Å². The van der Waals surface area contributed by atoms with Crippen LogP contribution in [-0.4, -0.2) is 22.2 Å². The number of nitrogens with one attached hydrogen (secondary N) is 1. The predicted octanol–water partition coefficient (Wildman–Crippen LogP) is 3.15. The van der Waals surface area contributed by atoms with Gasteiger partial charge in [0.25, 0.3) is 5.91 Å². The number of hydrogen-bond acceptors (Lipinski definition) is 2. The van der Waals surface area contributed by atoms with Crippen LogP contribution >= 0.6 is 31.9 Å². The molecule has 0 saturated heterocycles. The molecule has 2 rings (SSSR count). The number of aryl methyl sites for hydroxylation is 1. The summed E-state index contributed by atoms with van der Waals surface area (Å²) in [7, 11) is 0. The van der Waals surface area contributed by atoms with Gasteiger partial charge in [0, 0.05) is 21.7 Å². The maximum absolute atomic E-state index is 12.0. The summed E-state index contributed by atoms with van der Waals surface area (Å²) in [6.45, 7) is 3.19. The second-order valence-corrected chi connectivity index (χ2v) is 5.93. The van der Waals surface area contributed by atoms with Gasteiger partial charge in [0.1, 0.15) is 0 Å². The first-order chi connectivity index (χ1) is 9.06. The molecule has 4 nitrogen and oxygen atoms in total. The van der Waals surface area contributed by atoms with E-state index in [4.69, 9.17) is 0 Å². The highest BCUT2D eigenvalue weighted by Crippen LogP contribution is 2.21. The molecule has 0 saturated carbocycles. The molecule has 100 valence electrons. The zero-order valence-electron chi connectivity index (χ0n) is 10.4. The van der Waals surface area contributed by atoms with Crippen molar-refractivity contribution in [2.24, 2.45) is 0 Å². The first kappa shape index (κ1) is 14.3. The van der Waals surface area contributed by atoms with Gasteiger partial charge in [0.2, 0.25) is 0 Å². The molecule has 19 heavy (non-hydrogen) atoms. The van der Waals surface area contributed by atoms with Crippen LogP contribution in [0.25, 0.3) is 0 Å². The quantitative estimate of drug-likeness (QED) is 0.877. The number of carbonyl (C=O) groups is 1. The number of hydrogen-bond donors (Lipinski definition) is 1. The zero-order valence-corrected chi connectivity index (χ0v) is 13.5. The van der Waals surface area contributed by atoms with Crippen LogP contribution in [0.2, 0.25) is 0 Å². The molecule has 1 aromatic carbocycles. The third-order valence-electron chi connectivity index (χ3n) is 2.56. The first-order valence-corrected chi connectivity index (χ1v) is 7.37. The average Bonchev–Trinajstić information content (AvgIpc) is 2.75. The topological polar surface area (TPSA) is 46.9 Å². The molecule has 1 N–H and O–H groups in total. The number of benzene rings is 1. The lowest BCUT2D eigenvalue weighted by molar-refractivity contribution is 0.0951. The maximum Gasteiger partial charge on any atom is 0.252 e. The maximum atomic E-state index is 12.0. The van der Waals surface area contributed by atoms with Crippen molar-refractivity contribution in [2.45, 2.75) is 13.5 Å². The molecule has 0 aliphatic heterocycles. The SMILES string of the molecule is Cc1cnn(CCNC(=O)c2ccc(Br)cc2Br)c1. The highest BCUT2D eigenvalue weighted by Gasteiger charge is 2.09.